The highest BCUT2D eigenvalue weighted by Crippen LogP contribution is 2.11. The molecule has 1 aromatic carbocycles. The number of hydrogen-bond donors (Lipinski definition) is 2. The maximum absolute atomic E-state index is 5.86. The highest BCUT2D eigenvalue weighted by atomic mass is 15.2. The average molecular weight is 191 g/mol. The van der Waals surface area contributed by atoms with Gasteiger partial charge in [0.25, 0.3) is 0 Å². The molecule has 0 amide bonds. The lowest BCUT2D eigenvalue weighted by Crippen LogP contribution is -2.39. The van der Waals surface area contributed by atoms with Gasteiger partial charge >= 0.3 is 0 Å². The first kappa shape index (κ1) is 9.65. The zero-order valence-corrected chi connectivity index (χ0v) is 8.26. The van der Waals surface area contributed by atoms with Crippen LogP contribution < -0.4 is 11.5 Å². The number of nitrogens with two attached hydrogens (primary N) is 2. The molecule has 0 aliphatic carbocycles. The van der Waals surface area contributed by atoms with E-state index in [4.69, 9.17) is 11.5 Å². The van der Waals surface area contributed by atoms with Crippen molar-refractivity contribution in [2.45, 2.75) is 18.6 Å². The van der Waals surface area contributed by atoms with Crippen molar-refractivity contribution in [2.75, 3.05) is 13.1 Å². The van der Waals surface area contributed by atoms with Crippen molar-refractivity contribution in [3.8, 4) is 0 Å². The van der Waals surface area contributed by atoms with Crippen LogP contribution in [-0.2, 0) is 6.54 Å². The summed E-state index contributed by atoms with van der Waals surface area (Å²) in [6.45, 7) is 2.79. The van der Waals surface area contributed by atoms with Crippen LogP contribution in [0.25, 0.3) is 0 Å². The molecule has 1 unspecified atom stereocenters. The minimum atomic E-state index is 0.138. The van der Waals surface area contributed by atoms with Crippen LogP contribution in [-0.4, -0.2) is 30.1 Å². The van der Waals surface area contributed by atoms with E-state index in [-0.39, 0.29) is 12.1 Å². The SMILES string of the molecule is NC1CN(Cc2ccccc2)C[C@H]1N. The van der Waals surface area contributed by atoms with Gasteiger partial charge in [-0.05, 0) is 5.56 Å². The van der Waals surface area contributed by atoms with Crippen molar-refractivity contribution < 1.29 is 0 Å². The minimum absolute atomic E-state index is 0.138. The van der Waals surface area contributed by atoms with Gasteiger partial charge in [-0.2, -0.15) is 0 Å². The Bertz CT molecular complexity index is 276. The Kier molecular flexibility index (Phi) is 2.82. The van der Waals surface area contributed by atoms with Gasteiger partial charge < -0.3 is 11.5 Å². The molecule has 1 aromatic rings. The van der Waals surface area contributed by atoms with Gasteiger partial charge in [0.05, 0.1) is 0 Å². The van der Waals surface area contributed by atoms with E-state index >= 15 is 0 Å². The molecule has 76 valence electrons. The zero-order valence-electron chi connectivity index (χ0n) is 8.26. The standard InChI is InChI=1S/C11H17N3/c12-10-7-14(8-11(10)13)6-9-4-2-1-3-5-9/h1-5,10-11H,6-8,12-13H2/t10-,11?/m1/s1. The van der Waals surface area contributed by atoms with Crippen LogP contribution in [0, 0.1) is 0 Å². The third-order valence-corrected chi connectivity index (χ3v) is 2.74. The molecule has 3 heteroatoms. The van der Waals surface area contributed by atoms with Gasteiger partial charge in [-0.1, -0.05) is 30.3 Å². The first-order chi connectivity index (χ1) is 6.75. The van der Waals surface area contributed by atoms with Gasteiger partial charge in [-0.15, -0.1) is 0 Å². The Balaban J connectivity index is 1.94. The summed E-state index contributed by atoms with van der Waals surface area (Å²) in [5.74, 6) is 0. The molecule has 0 saturated carbocycles. The lowest BCUT2D eigenvalue weighted by Gasteiger charge is -2.14. The summed E-state index contributed by atoms with van der Waals surface area (Å²) < 4.78 is 0. The molecular weight excluding hydrogens is 174 g/mol. The van der Waals surface area contributed by atoms with E-state index in [2.05, 4.69) is 29.2 Å². The summed E-state index contributed by atoms with van der Waals surface area (Å²) >= 11 is 0. The number of benzene rings is 1. The van der Waals surface area contributed by atoms with Crippen LogP contribution in [0.15, 0.2) is 30.3 Å². The Labute approximate surface area is 84.7 Å². The molecule has 14 heavy (non-hydrogen) atoms. The largest absolute Gasteiger partial charge is 0.325 e. The Morgan fingerprint density at radius 1 is 1.07 bits per heavy atom. The second kappa shape index (κ2) is 4.09. The van der Waals surface area contributed by atoms with Gasteiger partial charge in [-0.25, -0.2) is 0 Å². The van der Waals surface area contributed by atoms with Crippen LogP contribution in [0.2, 0.25) is 0 Å². The summed E-state index contributed by atoms with van der Waals surface area (Å²) in [6.07, 6.45) is 0. The van der Waals surface area contributed by atoms with E-state index in [0.29, 0.717) is 0 Å². The first-order valence-electron chi connectivity index (χ1n) is 5.03. The second-order valence-electron chi connectivity index (χ2n) is 4.01. The molecule has 4 N–H and O–H groups in total. The zero-order chi connectivity index (χ0) is 9.97. The Morgan fingerprint density at radius 2 is 1.64 bits per heavy atom. The molecule has 1 aliphatic rings. The minimum Gasteiger partial charge on any atom is -0.325 e. The molecule has 0 spiro atoms. The summed E-state index contributed by atoms with van der Waals surface area (Å²) in [5.41, 5.74) is 13.0. The number of hydrogen-bond acceptors (Lipinski definition) is 3. The fourth-order valence-electron chi connectivity index (χ4n) is 1.91. The van der Waals surface area contributed by atoms with Crippen molar-refractivity contribution in [1.82, 2.24) is 4.90 Å². The van der Waals surface area contributed by atoms with Crippen molar-refractivity contribution in [2.24, 2.45) is 11.5 Å². The van der Waals surface area contributed by atoms with Gasteiger partial charge in [0, 0.05) is 31.7 Å². The molecular formula is C11H17N3. The van der Waals surface area contributed by atoms with Gasteiger partial charge in [0.15, 0.2) is 0 Å². The van der Waals surface area contributed by atoms with Gasteiger partial charge in [0.2, 0.25) is 0 Å². The van der Waals surface area contributed by atoms with Crippen molar-refractivity contribution in [3.63, 3.8) is 0 Å². The molecule has 3 nitrogen and oxygen atoms in total. The van der Waals surface area contributed by atoms with Crippen molar-refractivity contribution >= 4 is 0 Å². The van der Waals surface area contributed by atoms with E-state index < -0.39 is 0 Å². The van der Waals surface area contributed by atoms with Gasteiger partial charge in [0.1, 0.15) is 0 Å². The summed E-state index contributed by atoms with van der Waals surface area (Å²) in [4.78, 5) is 2.31. The smallest absolute Gasteiger partial charge is 0.0334 e. The third-order valence-electron chi connectivity index (χ3n) is 2.74. The average Bonchev–Trinajstić information content (AvgIpc) is 2.47. The predicted octanol–water partition coefficient (Wildman–Crippen LogP) is 0.157. The van der Waals surface area contributed by atoms with E-state index in [0.717, 1.165) is 19.6 Å². The summed E-state index contributed by atoms with van der Waals surface area (Å²) in [5, 5.41) is 0. The lowest BCUT2D eigenvalue weighted by atomic mass is 10.2. The lowest BCUT2D eigenvalue weighted by molar-refractivity contribution is 0.324. The van der Waals surface area contributed by atoms with Crippen molar-refractivity contribution in [1.29, 1.82) is 0 Å². The predicted molar refractivity (Wildman–Crippen MR) is 57.7 cm³/mol. The van der Waals surface area contributed by atoms with Crippen LogP contribution in [0.4, 0.5) is 0 Å². The topological polar surface area (TPSA) is 55.3 Å². The Hall–Kier alpha value is -0.900. The molecule has 0 bridgehead atoms. The molecule has 1 heterocycles. The van der Waals surface area contributed by atoms with E-state index in [1.165, 1.54) is 5.56 Å². The fourth-order valence-corrected chi connectivity index (χ4v) is 1.91. The van der Waals surface area contributed by atoms with E-state index in [1.807, 2.05) is 6.07 Å². The van der Waals surface area contributed by atoms with Crippen LogP contribution >= 0.6 is 0 Å². The second-order valence-corrected chi connectivity index (χ2v) is 4.01. The summed E-state index contributed by atoms with van der Waals surface area (Å²) in [7, 11) is 0. The highest BCUT2D eigenvalue weighted by Gasteiger charge is 2.26. The molecule has 1 fully saturated rings. The third kappa shape index (κ3) is 2.12. The van der Waals surface area contributed by atoms with Gasteiger partial charge in [-0.3, -0.25) is 4.90 Å². The maximum Gasteiger partial charge on any atom is 0.0334 e. The van der Waals surface area contributed by atoms with Crippen molar-refractivity contribution in [3.05, 3.63) is 35.9 Å². The van der Waals surface area contributed by atoms with Crippen LogP contribution in [0.1, 0.15) is 5.56 Å². The molecule has 1 saturated heterocycles. The van der Waals surface area contributed by atoms with E-state index in [1.54, 1.807) is 0 Å². The molecule has 2 atom stereocenters. The molecule has 0 radical (unpaired) electrons. The van der Waals surface area contributed by atoms with Crippen LogP contribution in [0.5, 0.6) is 0 Å². The quantitative estimate of drug-likeness (QED) is 0.700. The molecule has 0 aromatic heterocycles. The summed E-state index contributed by atoms with van der Waals surface area (Å²) in [6, 6.07) is 10.7. The first-order valence-corrected chi connectivity index (χ1v) is 5.03. The molecule has 2 rings (SSSR count). The monoisotopic (exact) mass is 191 g/mol. The normalized spacial score (nSPS) is 28.1. The Morgan fingerprint density at radius 3 is 2.21 bits per heavy atom. The fraction of sp³-hybridized carbons (Fsp3) is 0.455. The maximum atomic E-state index is 5.86. The van der Waals surface area contributed by atoms with Crippen LogP contribution in [0.3, 0.4) is 0 Å². The number of likely N-dealkylation sites (tertiary alicyclic amines) is 1. The number of rotatable bonds is 2. The van der Waals surface area contributed by atoms with E-state index in [9.17, 15) is 0 Å². The number of nitrogens with zero attached hydrogens (tertiary/aromatic N) is 1. The highest BCUT2D eigenvalue weighted by molar-refractivity contribution is 5.14. The molecule has 1 aliphatic heterocycles.